The molecule has 0 saturated carbocycles. The van der Waals surface area contributed by atoms with Crippen molar-refractivity contribution in [2.24, 2.45) is 0 Å². The van der Waals surface area contributed by atoms with Gasteiger partial charge in [-0.3, -0.25) is 4.79 Å². The van der Waals surface area contributed by atoms with Crippen LogP contribution in [0.4, 0.5) is 36.3 Å². The molecule has 0 fully saturated rings. The average Bonchev–Trinajstić information content (AvgIpc) is 2.69. The van der Waals surface area contributed by atoms with Crippen LogP contribution in [0.2, 0.25) is 0 Å². The van der Waals surface area contributed by atoms with Crippen LogP contribution in [0.15, 0.2) is 42.5 Å². The van der Waals surface area contributed by atoms with E-state index in [1.165, 1.54) is 12.1 Å². The zero-order valence-electron chi connectivity index (χ0n) is 17.1. The predicted octanol–water partition coefficient (Wildman–Crippen LogP) is 6.12. The first kappa shape index (κ1) is 20.8. The summed E-state index contributed by atoms with van der Waals surface area (Å²) in [6.45, 7) is 3.94. The molecule has 1 aliphatic rings. The molecule has 1 aliphatic carbocycles. The summed E-state index contributed by atoms with van der Waals surface area (Å²) < 4.78 is 39.1. The molecule has 8 heteroatoms. The second-order valence-corrected chi connectivity index (χ2v) is 7.64. The summed E-state index contributed by atoms with van der Waals surface area (Å²) in [7, 11) is 0. The molecule has 0 amide bonds. The Hall–Kier alpha value is -3.42. The minimum Gasteiger partial charge on any atom is -0.339 e. The van der Waals surface area contributed by atoms with E-state index < -0.39 is 11.7 Å². The number of hydrogen-bond donors (Lipinski definition) is 2. The van der Waals surface area contributed by atoms with Gasteiger partial charge in [-0.2, -0.15) is 18.2 Å². The molecule has 1 aromatic heterocycles. The molecule has 0 spiro atoms. The SMILES string of the molecule is Cc1ccc(Nc2nc(Nc3cccc(C(F)(F)F)c3)nc3c2C(=O)CCC3)c(C)c1. The first-order valence-electron chi connectivity index (χ1n) is 9.93. The summed E-state index contributed by atoms with van der Waals surface area (Å²) in [6.07, 6.45) is -2.76. The minimum absolute atomic E-state index is 0.0425. The van der Waals surface area contributed by atoms with Crippen molar-refractivity contribution < 1.29 is 18.0 Å². The van der Waals surface area contributed by atoms with Crippen molar-refractivity contribution >= 4 is 28.9 Å². The number of Topliss-reactive ketones (excluding diaryl/α,β-unsaturated/α-hetero) is 1. The molecule has 2 N–H and O–H groups in total. The van der Waals surface area contributed by atoms with Crippen LogP contribution in [-0.2, 0) is 12.6 Å². The van der Waals surface area contributed by atoms with Gasteiger partial charge in [0.25, 0.3) is 0 Å². The molecule has 0 saturated heterocycles. The lowest BCUT2D eigenvalue weighted by Gasteiger charge is -2.20. The molecule has 0 bridgehead atoms. The first-order chi connectivity index (χ1) is 14.7. The van der Waals surface area contributed by atoms with Crippen LogP contribution < -0.4 is 10.6 Å². The number of aromatic nitrogens is 2. The van der Waals surface area contributed by atoms with Crippen LogP contribution in [0, 0.1) is 13.8 Å². The summed E-state index contributed by atoms with van der Waals surface area (Å²) in [5, 5.41) is 6.09. The van der Waals surface area contributed by atoms with E-state index in [0.717, 1.165) is 28.9 Å². The molecule has 1 heterocycles. The Kier molecular flexibility index (Phi) is 5.39. The summed E-state index contributed by atoms with van der Waals surface area (Å²) >= 11 is 0. The fraction of sp³-hybridized carbons (Fsp3) is 0.261. The van der Waals surface area contributed by atoms with Crippen LogP contribution >= 0.6 is 0 Å². The van der Waals surface area contributed by atoms with Gasteiger partial charge in [0.15, 0.2) is 5.78 Å². The largest absolute Gasteiger partial charge is 0.416 e. The highest BCUT2D eigenvalue weighted by molar-refractivity contribution is 6.03. The van der Waals surface area contributed by atoms with E-state index in [9.17, 15) is 18.0 Å². The number of benzene rings is 2. The fourth-order valence-corrected chi connectivity index (χ4v) is 3.65. The average molecular weight is 426 g/mol. The Morgan fingerprint density at radius 2 is 1.77 bits per heavy atom. The number of nitrogens with zero attached hydrogens (tertiary/aromatic N) is 2. The van der Waals surface area contributed by atoms with Crippen molar-refractivity contribution in [2.45, 2.75) is 39.3 Å². The van der Waals surface area contributed by atoms with Crippen molar-refractivity contribution in [3.63, 3.8) is 0 Å². The number of nitrogens with one attached hydrogen (secondary N) is 2. The Morgan fingerprint density at radius 3 is 2.52 bits per heavy atom. The van der Waals surface area contributed by atoms with E-state index >= 15 is 0 Å². The maximum absolute atomic E-state index is 13.0. The third kappa shape index (κ3) is 4.52. The number of carbonyl (C=O) groups excluding carboxylic acids is 1. The Bertz CT molecular complexity index is 1160. The second-order valence-electron chi connectivity index (χ2n) is 7.64. The maximum atomic E-state index is 13.0. The maximum Gasteiger partial charge on any atom is 0.416 e. The number of aryl methyl sites for hydroxylation is 3. The predicted molar refractivity (Wildman–Crippen MR) is 113 cm³/mol. The van der Waals surface area contributed by atoms with Crippen molar-refractivity contribution in [2.75, 3.05) is 10.6 Å². The Labute approximate surface area is 177 Å². The summed E-state index contributed by atoms with van der Waals surface area (Å²) in [4.78, 5) is 21.5. The molecule has 4 rings (SSSR count). The van der Waals surface area contributed by atoms with Gasteiger partial charge in [0.2, 0.25) is 5.95 Å². The summed E-state index contributed by atoms with van der Waals surface area (Å²) in [5.41, 5.74) is 3.39. The normalized spacial score (nSPS) is 13.6. The lowest BCUT2D eigenvalue weighted by molar-refractivity contribution is -0.137. The highest BCUT2D eigenvalue weighted by atomic mass is 19.4. The van der Waals surface area contributed by atoms with Gasteiger partial charge in [-0.15, -0.1) is 0 Å². The molecule has 0 atom stereocenters. The van der Waals surface area contributed by atoms with Gasteiger partial charge >= 0.3 is 6.18 Å². The van der Waals surface area contributed by atoms with Crippen LogP contribution in [0.3, 0.4) is 0 Å². The molecule has 160 valence electrons. The van der Waals surface area contributed by atoms with Gasteiger partial charge in [-0.25, -0.2) is 4.98 Å². The van der Waals surface area contributed by atoms with Gasteiger partial charge in [0.05, 0.1) is 16.8 Å². The highest BCUT2D eigenvalue weighted by Crippen LogP contribution is 2.33. The molecule has 0 radical (unpaired) electrons. The first-order valence-corrected chi connectivity index (χ1v) is 9.93. The van der Waals surface area contributed by atoms with Gasteiger partial charge in [-0.1, -0.05) is 23.8 Å². The third-order valence-corrected chi connectivity index (χ3v) is 5.16. The number of hydrogen-bond acceptors (Lipinski definition) is 5. The monoisotopic (exact) mass is 426 g/mol. The van der Waals surface area contributed by atoms with Crippen molar-refractivity contribution in [3.05, 3.63) is 70.4 Å². The molecule has 31 heavy (non-hydrogen) atoms. The van der Waals surface area contributed by atoms with E-state index in [1.807, 2.05) is 32.0 Å². The zero-order chi connectivity index (χ0) is 22.2. The minimum atomic E-state index is -4.45. The lowest BCUT2D eigenvalue weighted by atomic mass is 9.95. The molecule has 0 aliphatic heterocycles. The summed E-state index contributed by atoms with van der Waals surface area (Å²) in [6, 6.07) is 10.7. The summed E-state index contributed by atoms with van der Waals surface area (Å²) in [5.74, 6) is 0.454. The van der Waals surface area contributed by atoms with Crippen molar-refractivity contribution in [1.82, 2.24) is 9.97 Å². The highest BCUT2D eigenvalue weighted by Gasteiger charge is 2.30. The van der Waals surface area contributed by atoms with Gasteiger partial charge < -0.3 is 10.6 Å². The molecule has 2 aromatic carbocycles. The van der Waals surface area contributed by atoms with E-state index in [-0.39, 0.29) is 17.4 Å². The topological polar surface area (TPSA) is 66.9 Å². The van der Waals surface area contributed by atoms with Crippen LogP contribution in [0.25, 0.3) is 0 Å². The van der Waals surface area contributed by atoms with Crippen molar-refractivity contribution in [1.29, 1.82) is 0 Å². The number of carbonyl (C=O) groups is 1. The Morgan fingerprint density at radius 1 is 0.968 bits per heavy atom. The number of halogens is 3. The molecular formula is C23H21F3N4O. The number of ketones is 1. The third-order valence-electron chi connectivity index (χ3n) is 5.16. The molecular weight excluding hydrogens is 405 g/mol. The zero-order valence-corrected chi connectivity index (χ0v) is 17.1. The smallest absolute Gasteiger partial charge is 0.339 e. The lowest BCUT2D eigenvalue weighted by Crippen LogP contribution is -2.18. The van der Waals surface area contributed by atoms with Gasteiger partial charge in [0.1, 0.15) is 5.82 Å². The van der Waals surface area contributed by atoms with Gasteiger partial charge in [0, 0.05) is 17.8 Å². The fourth-order valence-electron chi connectivity index (χ4n) is 3.65. The standard InChI is InChI=1S/C23H21F3N4O/c1-13-9-10-17(14(2)11-13)28-21-20-18(7-4-8-19(20)31)29-22(30-21)27-16-6-3-5-15(12-16)23(24,25)26/h3,5-6,9-12H,4,7-8H2,1-2H3,(H2,27,28,29,30). The van der Waals surface area contributed by atoms with E-state index in [4.69, 9.17) is 0 Å². The van der Waals surface area contributed by atoms with E-state index in [2.05, 4.69) is 20.6 Å². The van der Waals surface area contributed by atoms with Gasteiger partial charge in [-0.05, 0) is 56.5 Å². The quantitative estimate of drug-likeness (QED) is 0.526. The van der Waals surface area contributed by atoms with Crippen molar-refractivity contribution in [3.8, 4) is 0 Å². The molecule has 5 nitrogen and oxygen atoms in total. The number of alkyl halides is 3. The number of rotatable bonds is 4. The van der Waals surface area contributed by atoms with E-state index in [0.29, 0.717) is 36.3 Å². The molecule has 0 unspecified atom stereocenters. The van der Waals surface area contributed by atoms with Crippen LogP contribution in [-0.4, -0.2) is 15.8 Å². The second kappa shape index (κ2) is 8.02. The van der Waals surface area contributed by atoms with E-state index in [1.54, 1.807) is 0 Å². The van der Waals surface area contributed by atoms with Crippen LogP contribution in [0.5, 0.6) is 0 Å². The van der Waals surface area contributed by atoms with Crippen LogP contribution in [0.1, 0.15) is 45.6 Å². The number of fused-ring (bicyclic) bond motifs is 1. The molecule has 3 aromatic rings. The number of anilines is 4. The Balaban J connectivity index is 1.73.